The molecule has 0 aliphatic heterocycles. The first-order valence-corrected chi connectivity index (χ1v) is 9.52. The van der Waals surface area contributed by atoms with E-state index in [0.29, 0.717) is 5.76 Å². The molecule has 1 rings (SSSR count). The first-order valence-electron chi connectivity index (χ1n) is 9.52. The van der Waals surface area contributed by atoms with Gasteiger partial charge in [-0.3, -0.25) is 0 Å². The van der Waals surface area contributed by atoms with Crippen molar-refractivity contribution in [1.29, 1.82) is 0 Å². The number of unbranched alkanes of at least 4 members (excludes halogenated alkanes) is 9. The molecule has 0 radical (unpaired) electrons. The van der Waals surface area contributed by atoms with E-state index in [1.54, 1.807) is 12.1 Å². The molecule has 1 aromatic rings. The standard InChI is InChI=1S/C20H34O3/c1-3-5-6-7-8-9-10-11-12-13-15-18(4-2)23-20(21)19-16-14-17-22-19/h14,16-18H,3-13,15H2,1-2H3. The number of furan rings is 1. The number of hydrogen-bond acceptors (Lipinski definition) is 3. The lowest BCUT2D eigenvalue weighted by atomic mass is 10.0. The number of carbonyl (C=O) groups is 1. The smallest absolute Gasteiger partial charge is 0.374 e. The van der Waals surface area contributed by atoms with E-state index in [1.165, 1.54) is 64.1 Å². The van der Waals surface area contributed by atoms with E-state index in [1.807, 2.05) is 0 Å². The van der Waals surface area contributed by atoms with Crippen molar-refractivity contribution >= 4 is 5.97 Å². The van der Waals surface area contributed by atoms with Crippen LogP contribution in [0, 0.1) is 0 Å². The molecule has 1 aromatic heterocycles. The first kappa shape index (κ1) is 19.8. The van der Waals surface area contributed by atoms with Gasteiger partial charge in [-0.25, -0.2) is 4.79 Å². The predicted molar refractivity (Wildman–Crippen MR) is 94.7 cm³/mol. The fourth-order valence-electron chi connectivity index (χ4n) is 2.81. The molecule has 3 nitrogen and oxygen atoms in total. The van der Waals surface area contributed by atoms with Gasteiger partial charge in [0.25, 0.3) is 0 Å². The van der Waals surface area contributed by atoms with E-state index in [4.69, 9.17) is 9.15 Å². The summed E-state index contributed by atoms with van der Waals surface area (Å²) in [5, 5.41) is 0. The van der Waals surface area contributed by atoms with Gasteiger partial charge in [-0.2, -0.15) is 0 Å². The second-order valence-corrected chi connectivity index (χ2v) is 6.38. The lowest BCUT2D eigenvalue weighted by Crippen LogP contribution is -2.17. The van der Waals surface area contributed by atoms with Gasteiger partial charge in [-0.1, -0.05) is 71.6 Å². The molecule has 0 N–H and O–H groups in total. The Balaban J connectivity index is 1.99. The zero-order valence-electron chi connectivity index (χ0n) is 15.0. The van der Waals surface area contributed by atoms with E-state index < -0.39 is 0 Å². The number of rotatable bonds is 14. The normalized spacial score (nSPS) is 12.3. The molecule has 0 saturated carbocycles. The Labute approximate surface area is 141 Å². The second-order valence-electron chi connectivity index (χ2n) is 6.38. The maximum Gasteiger partial charge on any atom is 0.374 e. The third-order valence-corrected chi connectivity index (χ3v) is 4.33. The van der Waals surface area contributed by atoms with Crippen LogP contribution < -0.4 is 0 Å². The highest BCUT2D eigenvalue weighted by Gasteiger charge is 2.16. The van der Waals surface area contributed by atoms with Crippen LogP contribution in [0.1, 0.15) is 101 Å². The van der Waals surface area contributed by atoms with Crippen molar-refractivity contribution in [2.24, 2.45) is 0 Å². The molecule has 0 amide bonds. The van der Waals surface area contributed by atoms with Crippen LogP contribution in [0.15, 0.2) is 22.8 Å². The molecular weight excluding hydrogens is 288 g/mol. The lowest BCUT2D eigenvalue weighted by Gasteiger charge is -2.15. The first-order chi connectivity index (χ1) is 11.3. The molecule has 0 saturated heterocycles. The summed E-state index contributed by atoms with van der Waals surface area (Å²) in [5.74, 6) is -0.0412. The third kappa shape index (κ3) is 9.47. The van der Waals surface area contributed by atoms with Crippen LogP contribution in [0.5, 0.6) is 0 Å². The average molecular weight is 322 g/mol. The molecule has 132 valence electrons. The Morgan fingerprint density at radius 1 is 1.00 bits per heavy atom. The summed E-state index contributed by atoms with van der Waals surface area (Å²) >= 11 is 0. The van der Waals surface area contributed by atoms with Gasteiger partial charge in [0.05, 0.1) is 6.26 Å². The SMILES string of the molecule is CCCCCCCCCCCCC(CC)OC(=O)c1ccco1. The Bertz CT molecular complexity index is 384. The molecule has 1 atom stereocenters. The highest BCUT2D eigenvalue weighted by atomic mass is 16.6. The van der Waals surface area contributed by atoms with Gasteiger partial charge in [-0.15, -0.1) is 0 Å². The maximum absolute atomic E-state index is 11.8. The van der Waals surface area contributed by atoms with Gasteiger partial charge in [-0.05, 0) is 31.4 Å². The minimum absolute atomic E-state index is 0.0154. The minimum atomic E-state index is -0.339. The molecule has 3 heteroatoms. The second kappa shape index (κ2) is 13.2. The van der Waals surface area contributed by atoms with E-state index in [9.17, 15) is 4.79 Å². The molecule has 0 fully saturated rings. The minimum Gasteiger partial charge on any atom is -0.457 e. The van der Waals surface area contributed by atoms with Crippen molar-refractivity contribution in [3.63, 3.8) is 0 Å². The van der Waals surface area contributed by atoms with Crippen LogP contribution in [0.25, 0.3) is 0 Å². The van der Waals surface area contributed by atoms with Crippen molar-refractivity contribution in [2.45, 2.75) is 97.0 Å². The van der Waals surface area contributed by atoms with Crippen LogP contribution in [0.4, 0.5) is 0 Å². The molecule has 1 unspecified atom stereocenters. The molecule has 0 aliphatic carbocycles. The Hall–Kier alpha value is -1.25. The Morgan fingerprint density at radius 3 is 2.13 bits per heavy atom. The van der Waals surface area contributed by atoms with Crippen LogP contribution >= 0.6 is 0 Å². The van der Waals surface area contributed by atoms with Crippen molar-refractivity contribution in [3.8, 4) is 0 Å². The topological polar surface area (TPSA) is 39.4 Å². The summed E-state index contributed by atoms with van der Waals surface area (Å²) in [6.07, 6.45) is 16.6. The fraction of sp³-hybridized carbons (Fsp3) is 0.750. The average Bonchev–Trinajstić information content (AvgIpc) is 3.10. The molecule has 0 bridgehead atoms. The van der Waals surface area contributed by atoms with Gasteiger partial charge < -0.3 is 9.15 Å². The molecule has 1 heterocycles. The van der Waals surface area contributed by atoms with Crippen LogP contribution in [0.2, 0.25) is 0 Å². The zero-order valence-corrected chi connectivity index (χ0v) is 15.0. The predicted octanol–water partition coefficient (Wildman–Crippen LogP) is 6.53. The Morgan fingerprint density at radius 2 is 1.61 bits per heavy atom. The van der Waals surface area contributed by atoms with Gasteiger partial charge in [0.15, 0.2) is 0 Å². The highest BCUT2D eigenvalue weighted by Crippen LogP contribution is 2.15. The maximum atomic E-state index is 11.8. The fourth-order valence-corrected chi connectivity index (χ4v) is 2.81. The van der Waals surface area contributed by atoms with E-state index in [2.05, 4.69) is 13.8 Å². The molecule has 0 aliphatic rings. The van der Waals surface area contributed by atoms with Gasteiger partial charge in [0, 0.05) is 0 Å². The quantitative estimate of drug-likeness (QED) is 0.289. The largest absolute Gasteiger partial charge is 0.457 e. The van der Waals surface area contributed by atoms with Gasteiger partial charge in [0.2, 0.25) is 5.76 Å². The summed E-state index contributed by atoms with van der Waals surface area (Å²) in [5.41, 5.74) is 0. The van der Waals surface area contributed by atoms with Crippen molar-refractivity contribution in [3.05, 3.63) is 24.2 Å². The zero-order chi connectivity index (χ0) is 16.8. The summed E-state index contributed by atoms with van der Waals surface area (Å²) in [4.78, 5) is 11.8. The third-order valence-electron chi connectivity index (χ3n) is 4.33. The van der Waals surface area contributed by atoms with Gasteiger partial charge >= 0.3 is 5.97 Å². The highest BCUT2D eigenvalue weighted by molar-refractivity contribution is 5.86. The van der Waals surface area contributed by atoms with E-state index in [0.717, 1.165) is 19.3 Å². The number of ether oxygens (including phenoxy) is 1. The number of carbonyl (C=O) groups excluding carboxylic acids is 1. The summed E-state index contributed by atoms with van der Waals surface area (Å²) in [6.45, 7) is 4.33. The lowest BCUT2D eigenvalue weighted by molar-refractivity contribution is 0.0232. The van der Waals surface area contributed by atoms with E-state index in [-0.39, 0.29) is 12.1 Å². The van der Waals surface area contributed by atoms with Crippen molar-refractivity contribution in [1.82, 2.24) is 0 Å². The van der Waals surface area contributed by atoms with Crippen molar-refractivity contribution < 1.29 is 13.9 Å². The van der Waals surface area contributed by atoms with E-state index >= 15 is 0 Å². The summed E-state index contributed by atoms with van der Waals surface area (Å²) < 4.78 is 10.6. The Kier molecular flexibility index (Phi) is 11.4. The number of hydrogen-bond donors (Lipinski definition) is 0. The molecule has 23 heavy (non-hydrogen) atoms. The van der Waals surface area contributed by atoms with Crippen LogP contribution in [0.3, 0.4) is 0 Å². The number of esters is 1. The molecule has 0 aromatic carbocycles. The summed E-state index contributed by atoms with van der Waals surface area (Å²) in [6, 6.07) is 3.36. The van der Waals surface area contributed by atoms with Crippen LogP contribution in [-0.2, 0) is 4.74 Å². The monoisotopic (exact) mass is 322 g/mol. The van der Waals surface area contributed by atoms with Crippen molar-refractivity contribution in [2.75, 3.05) is 0 Å². The van der Waals surface area contributed by atoms with Gasteiger partial charge in [0.1, 0.15) is 6.10 Å². The molecule has 0 spiro atoms. The molecular formula is C20H34O3. The van der Waals surface area contributed by atoms with Crippen LogP contribution in [-0.4, -0.2) is 12.1 Å². The summed E-state index contributed by atoms with van der Waals surface area (Å²) in [7, 11) is 0.